The van der Waals surface area contributed by atoms with E-state index in [0.717, 1.165) is 25.8 Å². The average molecular weight is 672 g/mol. The molecule has 0 unspecified atom stereocenters. The molecule has 4 aromatic carbocycles. The van der Waals surface area contributed by atoms with Crippen molar-refractivity contribution in [2.24, 2.45) is 0 Å². The van der Waals surface area contributed by atoms with E-state index in [9.17, 15) is 4.79 Å². The highest BCUT2D eigenvalue weighted by atomic mass is 127. The SMILES string of the molecule is Cc1c(C=Cc2nc3ccc(I)cc3c(=O)n2-c2ccc(Br)cc2)c2ccccc2n1Cc1ccccc1. The Labute approximate surface area is 242 Å². The summed E-state index contributed by atoms with van der Waals surface area (Å²) in [6.07, 6.45) is 4.05. The molecule has 0 saturated heterocycles. The number of aromatic nitrogens is 3. The first-order valence-electron chi connectivity index (χ1n) is 12.3. The number of fused-ring (bicyclic) bond motifs is 2. The van der Waals surface area contributed by atoms with Crippen LogP contribution in [0.25, 0.3) is 39.6 Å². The van der Waals surface area contributed by atoms with Crippen LogP contribution in [0, 0.1) is 10.5 Å². The summed E-state index contributed by atoms with van der Waals surface area (Å²) in [6, 6.07) is 32.5. The molecule has 6 rings (SSSR count). The van der Waals surface area contributed by atoms with E-state index in [1.807, 2.05) is 54.6 Å². The van der Waals surface area contributed by atoms with Crippen molar-refractivity contribution in [1.29, 1.82) is 0 Å². The summed E-state index contributed by atoms with van der Waals surface area (Å²) >= 11 is 5.73. The Morgan fingerprint density at radius 1 is 0.868 bits per heavy atom. The molecular formula is C32H23BrIN3O. The number of hydrogen-bond acceptors (Lipinski definition) is 2. The van der Waals surface area contributed by atoms with E-state index in [2.05, 4.69) is 105 Å². The van der Waals surface area contributed by atoms with Crippen LogP contribution in [0.3, 0.4) is 0 Å². The maximum absolute atomic E-state index is 13.8. The molecule has 0 saturated carbocycles. The second-order valence-corrected chi connectivity index (χ2v) is 11.3. The average Bonchev–Trinajstić information content (AvgIpc) is 3.19. The van der Waals surface area contributed by atoms with Gasteiger partial charge in [-0.05, 0) is 95.8 Å². The summed E-state index contributed by atoms with van der Waals surface area (Å²) < 4.78 is 6.00. The Balaban J connectivity index is 1.53. The predicted octanol–water partition coefficient (Wildman–Crippen LogP) is 8.23. The molecule has 38 heavy (non-hydrogen) atoms. The van der Waals surface area contributed by atoms with E-state index in [0.29, 0.717) is 16.7 Å². The van der Waals surface area contributed by atoms with E-state index in [1.54, 1.807) is 4.57 Å². The standard InChI is InChI=1S/C32H23BrIN3O/c1-21-26(27-9-5-6-10-30(27)36(21)20-22-7-3-2-4-8-22)16-18-31-35-29-17-13-24(34)19-28(29)32(38)37(31)25-14-11-23(33)12-15-25/h2-19H,20H2,1H3. The predicted molar refractivity (Wildman–Crippen MR) is 169 cm³/mol. The molecule has 0 spiro atoms. The van der Waals surface area contributed by atoms with Crippen molar-refractivity contribution >= 4 is 72.5 Å². The number of benzene rings is 4. The van der Waals surface area contributed by atoms with E-state index >= 15 is 0 Å². The molecule has 2 heterocycles. The fraction of sp³-hybridized carbons (Fsp3) is 0.0625. The molecule has 0 aliphatic heterocycles. The monoisotopic (exact) mass is 671 g/mol. The minimum atomic E-state index is -0.0845. The zero-order valence-corrected chi connectivity index (χ0v) is 24.3. The molecule has 0 aliphatic carbocycles. The maximum atomic E-state index is 13.8. The van der Waals surface area contributed by atoms with Crippen molar-refractivity contribution < 1.29 is 0 Å². The molecule has 0 amide bonds. The summed E-state index contributed by atoms with van der Waals surface area (Å²) in [5, 5.41) is 1.78. The molecule has 0 atom stereocenters. The molecule has 6 aromatic rings. The van der Waals surface area contributed by atoms with Gasteiger partial charge in [-0.1, -0.05) is 64.5 Å². The van der Waals surface area contributed by atoms with Crippen LogP contribution in [0.4, 0.5) is 0 Å². The molecule has 0 aliphatic rings. The first-order chi connectivity index (χ1) is 18.5. The summed E-state index contributed by atoms with van der Waals surface area (Å²) in [5.74, 6) is 0.588. The molecular weight excluding hydrogens is 649 g/mol. The Hall–Kier alpha value is -3.49. The van der Waals surface area contributed by atoms with Crippen LogP contribution in [0.1, 0.15) is 22.6 Å². The van der Waals surface area contributed by atoms with Crippen molar-refractivity contribution in [3.8, 4) is 5.69 Å². The lowest BCUT2D eigenvalue weighted by molar-refractivity contribution is 0.804. The highest BCUT2D eigenvalue weighted by molar-refractivity contribution is 14.1. The van der Waals surface area contributed by atoms with Gasteiger partial charge in [0.05, 0.1) is 16.6 Å². The van der Waals surface area contributed by atoms with Crippen molar-refractivity contribution in [2.75, 3.05) is 0 Å². The quantitative estimate of drug-likeness (QED) is 0.173. The van der Waals surface area contributed by atoms with Crippen LogP contribution in [0.5, 0.6) is 0 Å². The summed E-state index contributed by atoms with van der Waals surface area (Å²) in [5.41, 5.74) is 6.09. The van der Waals surface area contributed by atoms with E-state index < -0.39 is 0 Å². The first kappa shape index (κ1) is 24.8. The molecule has 186 valence electrons. The normalized spacial score (nSPS) is 11.7. The Kier molecular flexibility index (Phi) is 6.76. The zero-order chi connectivity index (χ0) is 26.2. The second-order valence-electron chi connectivity index (χ2n) is 9.17. The molecule has 0 radical (unpaired) electrons. The molecule has 4 nitrogen and oxygen atoms in total. The van der Waals surface area contributed by atoms with Crippen LogP contribution in [0.15, 0.2) is 106 Å². The van der Waals surface area contributed by atoms with Gasteiger partial charge in [0.25, 0.3) is 5.56 Å². The second kappa shape index (κ2) is 10.3. The lowest BCUT2D eigenvalue weighted by atomic mass is 10.1. The van der Waals surface area contributed by atoms with Crippen LogP contribution >= 0.6 is 38.5 Å². The van der Waals surface area contributed by atoms with Gasteiger partial charge in [-0.25, -0.2) is 4.98 Å². The van der Waals surface area contributed by atoms with Crippen LogP contribution in [-0.4, -0.2) is 14.1 Å². The minimum Gasteiger partial charge on any atom is -0.340 e. The van der Waals surface area contributed by atoms with Crippen molar-refractivity contribution in [2.45, 2.75) is 13.5 Å². The highest BCUT2D eigenvalue weighted by Gasteiger charge is 2.15. The van der Waals surface area contributed by atoms with E-state index in [-0.39, 0.29) is 5.56 Å². The Morgan fingerprint density at radius 2 is 1.61 bits per heavy atom. The zero-order valence-electron chi connectivity index (χ0n) is 20.6. The first-order valence-corrected chi connectivity index (χ1v) is 14.1. The largest absolute Gasteiger partial charge is 0.340 e. The van der Waals surface area contributed by atoms with Gasteiger partial charge < -0.3 is 4.57 Å². The molecule has 0 fully saturated rings. The fourth-order valence-corrected chi connectivity index (χ4v) is 5.68. The third-order valence-electron chi connectivity index (χ3n) is 6.80. The topological polar surface area (TPSA) is 39.8 Å². The van der Waals surface area contributed by atoms with Gasteiger partial charge in [0.1, 0.15) is 5.82 Å². The minimum absolute atomic E-state index is 0.0845. The maximum Gasteiger partial charge on any atom is 0.266 e. The number of halogens is 2. The van der Waals surface area contributed by atoms with Gasteiger partial charge in [0.15, 0.2) is 0 Å². The van der Waals surface area contributed by atoms with Crippen molar-refractivity contribution in [3.63, 3.8) is 0 Å². The van der Waals surface area contributed by atoms with E-state index in [1.165, 1.54) is 22.2 Å². The lowest BCUT2D eigenvalue weighted by Gasteiger charge is -2.12. The fourth-order valence-electron chi connectivity index (χ4n) is 4.92. The number of hydrogen-bond donors (Lipinski definition) is 0. The summed E-state index contributed by atoms with van der Waals surface area (Å²) in [4.78, 5) is 18.7. The van der Waals surface area contributed by atoms with Crippen molar-refractivity contribution in [3.05, 3.63) is 138 Å². The van der Waals surface area contributed by atoms with Gasteiger partial charge in [-0.2, -0.15) is 0 Å². The number of rotatable bonds is 5. The smallest absolute Gasteiger partial charge is 0.266 e. The lowest BCUT2D eigenvalue weighted by Crippen LogP contribution is -2.22. The molecule has 6 heteroatoms. The van der Waals surface area contributed by atoms with Gasteiger partial charge in [0, 0.05) is 36.7 Å². The third-order valence-corrected chi connectivity index (χ3v) is 8.00. The van der Waals surface area contributed by atoms with Gasteiger partial charge in [-0.15, -0.1) is 0 Å². The van der Waals surface area contributed by atoms with Crippen LogP contribution < -0.4 is 5.56 Å². The third kappa shape index (κ3) is 4.63. The molecule has 2 aromatic heterocycles. The van der Waals surface area contributed by atoms with Gasteiger partial charge in [0.2, 0.25) is 0 Å². The van der Waals surface area contributed by atoms with Crippen LogP contribution in [-0.2, 0) is 6.54 Å². The summed E-state index contributed by atoms with van der Waals surface area (Å²) in [7, 11) is 0. The number of para-hydroxylation sites is 1. The molecule has 0 N–H and O–H groups in total. The van der Waals surface area contributed by atoms with Gasteiger partial charge >= 0.3 is 0 Å². The molecule has 0 bridgehead atoms. The highest BCUT2D eigenvalue weighted by Crippen LogP contribution is 2.29. The number of nitrogens with zero attached hydrogens (tertiary/aromatic N) is 3. The Bertz CT molecular complexity index is 1890. The Morgan fingerprint density at radius 3 is 2.39 bits per heavy atom. The van der Waals surface area contributed by atoms with E-state index in [4.69, 9.17) is 4.98 Å². The van der Waals surface area contributed by atoms with Gasteiger partial charge in [-0.3, -0.25) is 9.36 Å². The van der Waals surface area contributed by atoms with Crippen LogP contribution in [0.2, 0.25) is 0 Å². The van der Waals surface area contributed by atoms with Crippen molar-refractivity contribution in [1.82, 2.24) is 14.1 Å². The summed E-state index contributed by atoms with van der Waals surface area (Å²) in [6.45, 7) is 2.94.